The molecule has 1 aromatic heterocycles. The zero-order valence-electron chi connectivity index (χ0n) is 11.8. The molecule has 2 rings (SSSR count). The average molecular weight is 284 g/mol. The van der Waals surface area contributed by atoms with Gasteiger partial charge in [-0.3, -0.25) is 9.78 Å². The molecule has 6 heteroatoms. The zero-order chi connectivity index (χ0) is 15.4. The molecule has 0 saturated carbocycles. The van der Waals surface area contributed by atoms with Crippen LogP contribution in [0.3, 0.4) is 0 Å². The van der Waals surface area contributed by atoms with Crippen molar-refractivity contribution >= 4 is 17.4 Å². The van der Waals surface area contributed by atoms with Crippen molar-refractivity contribution in [3.05, 3.63) is 59.4 Å². The molecule has 2 aromatic rings. The van der Waals surface area contributed by atoms with Crippen molar-refractivity contribution in [3.63, 3.8) is 0 Å². The lowest BCUT2D eigenvalue weighted by molar-refractivity contribution is 0.0988. The number of hydrogen-bond acceptors (Lipinski definition) is 4. The molecule has 0 atom stereocenters. The Bertz CT molecular complexity index is 680. The fourth-order valence-electron chi connectivity index (χ4n) is 1.86. The number of nitrogens with zero attached hydrogens (tertiary/aromatic N) is 3. The molecule has 0 aliphatic heterocycles. The summed E-state index contributed by atoms with van der Waals surface area (Å²) in [5, 5.41) is 11.5. The number of nitrogens with two attached hydrogens (primary N) is 1. The van der Waals surface area contributed by atoms with E-state index in [0.29, 0.717) is 5.56 Å². The van der Waals surface area contributed by atoms with Gasteiger partial charge in [-0.1, -0.05) is 17.3 Å². The third-order valence-corrected chi connectivity index (χ3v) is 3.08. The molecular weight excluding hydrogens is 268 g/mol. The molecule has 0 aliphatic rings. The number of hydrogen-bond donors (Lipinski definition) is 2. The molecular formula is C15H16N4O2. The third kappa shape index (κ3) is 3.17. The van der Waals surface area contributed by atoms with Crippen molar-refractivity contribution in [1.82, 2.24) is 4.98 Å². The predicted molar refractivity (Wildman–Crippen MR) is 80.7 cm³/mol. The van der Waals surface area contributed by atoms with Gasteiger partial charge in [-0.05, 0) is 36.8 Å². The summed E-state index contributed by atoms with van der Waals surface area (Å²) in [6.07, 6.45) is 1.40. The summed E-state index contributed by atoms with van der Waals surface area (Å²) in [5.74, 6) is -0.278. The molecule has 1 amide bonds. The number of anilines is 1. The highest BCUT2D eigenvalue weighted by Crippen LogP contribution is 2.16. The molecule has 0 fully saturated rings. The molecule has 0 bridgehead atoms. The summed E-state index contributed by atoms with van der Waals surface area (Å²) in [6, 6.07) is 10.8. The molecule has 0 unspecified atom stereocenters. The maximum Gasteiger partial charge on any atom is 0.276 e. The van der Waals surface area contributed by atoms with Gasteiger partial charge in [0.1, 0.15) is 5.69 Å². The van der Waals surface area contributed by atoms with E-state index >= 15 is 0 Å². The fraction of sp³-hybridized carbons (Fsp3) is 0.133. The lowest BCUT2D eigenvalue weighted by Gasteiger charge is -2.17. The highest BCUT2D eigenvalue weighted by Gasteiger charge is 2.15. The summed E-state index contributed by atoms with van der Waals surface area (Å²) < 4.78 is 0. The molecule has 3 N–H and O–H groups in total. The number of carbonyl (C=O) groups excluding carboxylic acids is 1. The topological polar surface area (TPSA) is 91.8 Å². The second kappa shape index (κ2) is 6.04. The number of benzene rings is 1. The first-order valence-electron chi connectivity index (χ1n) is 6.31. The molecule has 21 heavy (non-hydrogen) atoms. The summed E-state index contributed by atoms with van der Waals surface area (Å²) in [7, 11) is 1.69. The van der Waals surface area contributed by atoms with E-state index in [1.807, 2.05) is 31.2 Å². The van der Waals surface area contributed by atoms with Crippen LogP contribution in [0.4, 0.5) is 5.69 Å². The van der Waals surface area contributed by atoms with Crippen molar-refractivity contribution in [1.29, 1.82) is 0 Å². The van der Waals surface area contributed by atoms with Gasteiger partial charge in [0.05, 0.1) is 0 Å². The number of oxime groups is 1. The molecule has 6 nitrogen and oxygen atoms in total. The van der Waals surface area contributed by atoms with Crippen LogP contribution in [0.5, 0.6) is 0 Å². The summed E-state index contributed by atoms with van der Waals surface area (Å²) in [4.78, 5) is 17.9. The van der Waals surface area contributed by atoms with Gasteiger partial charge >= 0.3 is 0 Å². The maximum absolute atomic E-state index is 12.4. The number of carbonyl (C=O) groups is 1. The first-order valence-corrected chi connectivity index (χ1v) is 6.31. The predicted octanol–water partition coefficient (Wildman–Crippen LogP) is 1.76. The molecule has 0 aliphatic carbocycles. The van der Waals surface area contributed by atoms with Crippen LogP contribution < -0.4 is 10.6 Å². The van der Waals surface area contributed by atoms with Gasteiger partial charge in [-0.15, -0.1) is 0 Å². The van der Waals surface area contributed by atoms with Crippen LogP contribution in [0.1, 0.15) is 21.6 Å². The van der Waals surface area contributed by atoms with E-state index < -0.39 is 0 Å². The van der Waals surface area contributed by atoms with Crippen LogP contribution >= 0.6 is 0 Å². The summed E-state index contributed by atoms with van der Waals surface area (Å²) in [5.41, 5.74) is 8.05. The zero-order valence-corrected chi connectivity index (χ0v) is 11.8. The average Bonchev–Trinajstić information content (AvgIpc) is 2.53. The van der Waals surface area contributed by atoms with Gasteiger partial charge in [0, 0.05) is 24.5 Å². The van der Waals surface area contributed by atoms with Crippen molar-refractivity contribution in [2.45, 2.75) is 6.92 Å². The van der Waals surface area contributed by atoms with Crippen molar-refractivity contribution < 1.29 is 10.0 Å². The number of aromatic nitrogens is 1. The first kappa shape index (κ1) is 14.5. The minimum Gasteiger partial charge on any atom is -0.409 e. The molecule has 1 aromatic carbocycles. The Kier molecular flexibility index (Phi) is 4.18. The third-order valence-electron chi connectivity index (χ3n) is 3.08. The minimum atomic E-state index is -0.230. The SMILES string of the molecule is Cc1cccc(N(C)C(=O)c2ccc(C(N)=NO)cn2)c1. The number of pyridine rings is 1. The quantitative estimate of drug-likeness (QED) is 0.389. The largest absolute Gasteiger partial charge is 0.409 e. The van der Waals surface area contributed by atoms with Crippen molar-refractivity contribution in [2.24, 2.45) is 10.9 Å². The number of amidine groups is 1. The fourth-order valence-corrected chi connectivity index (χ4v) is 1.86. The van der Waals surface area contributed by atoms with Crippen LogP contribution in [0.15, 0.2) is 47.8 Å². The smallest absolute Gasteiger partial charge is 0.276 e. The van der Waals surface area contributed by atoms with E-state index in [9.17, 15) is 4.79 Å². The normalized spacial score (nSPS) is 11.2. The molecule has 108 valence electrons. The Morgan fingerprint density at radius 2 is 2.10 bits per heavy atom. The lowest BCUT2D eigenvalue weighted by atomic mass is 10.2. The minimum absolute atomic E-state index is 0.0477. The molecule has 1 heterocycles. The van der Waals surface area contributed by atoms with Crippen LogP contribution in [0.25, 0.3) is 0 Å². The van der Waals surface area contributed by atoms with E-state index in [0.717, 1.165) is 11.3 Å². The monoisotopic (exact) mass is 284 g/mol. The van der Waals surface area contributed by atoms with Crippen molar-refractivity contribution in [3.8, 4) is 0 Å². The highest BCUT2D eigenvalue weighted by atomic mass is 16.4. The number of rotatable bonds is 3. The van der Waals surface area contributed by atoms with Gasteiger partial charge in [0.2, 0.25) is 0 Å². The highest BCUT2D eigenvalue weighted by molar-refractivity contribution is 6.05. The van der Waals surface area contributed by atoms with Gasteiger partial charge in [-0.25, -0.2) is 0 Å². The van der Waals surface area contributed by atoms with E-state index in [2.05, 4.69) is 10.1 Å². The van der Waals surface area contributed by atoms with E-state index in [4.69, 9.17) is 10.9 Å². The molecule has 0 spiro atoms. The molecule has 0 saturated heterocycles. The Labute approximate surface area is 122 Å². The summed E-state index contributed by atoms with van der Waals surface area (Å²) in [6.45, 7) is 1.96. The summed E-state index contributed by atoms with van der Waals surface area (Å²) >= 11 is 0. The van der Waals surface area contributed by atoms with Gasteiger partial charge in [-0.2, -0.15) is 0 Å². The van der Waals surface area contributed by atoms with Crippen LogP contribution in [0, 0.1) is 6.92 Å². The van der Waals surface area contributed by atoms with E-state index in [1.54, 1.807) is 19.2 Å². The number of amides is 1. The van der Waals surface area contributed by atoms with Crippen LogP contribution in [0.2, 0.25) is 0 Å². The van der Waals surface area contributed by atoms with E-state index in [1.165, 1.54) is 11.1 Å². The maximum atomic E-state index is 12.4. The molecule has 0 radical (unpaired) electrons. The first-order chi connectivity index (χ1) is 10.0. The van der Waals surface area contributed by atoms with Crippen LogP contribution in [-0.2, 0) is 0 Å². The standard InChI is InChI=1S/C15H16N4O2/c1-10-4-3-5-12(8-10)19(2)15(20)13-7-6-11(9-17-13)14(16)18-21/h3-9,21H,1-2H3,(H2,16,18). The Balaban J connectivity index is 2.23. The Morgan fingerprint density at radius 1 is 1.33 bits per heavy atom. The van der Waals surface area contributed by atoms with Crippen LogP contribution in [-0.4, -0.2) is 29.0 Å². The van der Waals surface area contributed by atoms with E-state index in [-0.39, 0.29) is 17.4 Å². The lowest BCUT2D eigenvalue weighted by Crippen LogP contribution is -2.27. The van der Waals surface area contributed by atoms with Gasteiger partial charge < -0.3 is 15.8 Å². The Morgan fingerprint density at radius 3 is 2.67 bits per heavy atom. The number of aryl methyl sites for hydroxylation is 1. The van der Waals surface area contributed by atoms with Gasteiger partial charge in [0.15, 0.2) is 5.84 Å². The van der Waals surface area contributed by atoms with Gasteiger partial charge in [0.25, 0.3) is 5.91 Å². The van der Waals surface area contributed by atoms with Crippen molar-refractivity contribution in [2.75, 3.05) is 11.9 Å². The Hall–Kier alpha value is -2.89. The second-order valence-electron chi connectivity index (χ2n) is 4.62. The second-order valence-corrected chi connectivity index (χ2v) is 4.62.